The van der Waals surface area contributed by atoms with Crippen LogP contribution in [-0.4, -0.2) is 23.5 Å². The lowest BCUT2D eigenvalue weighted by molar-refractivity contribution is 0.194. The van der Waals surface area contributed by atoms with Gasteiger partial charge in [-0.05, 0) is 13.5 Å². The van der Waals surface area contributed by atoms with Crippen LogP contribution in [0.4, 0.5) is 4.39 Å². The zero-order valence-electron chi connectivity index (χ0n) is 7.88. The van der Waals surface area contributed by atoms with Crippen molar-refractivity contribution in [2.45, 2.75) is 26.1 Å². The monoisotopic (exact) mass is 200 g/mol. The molecule has 0 aromatic carbocycles. The predicted octanol–water partition coefficient (Wildman–Crippen LogP) is 2.16. The summed E-state index contributed by atoms with van der Waals surface area (Å²) in [5.74, 6) is 0. The fourth-order valence-corrected chi connectivity index (χ4v) is 2.73. The van der Waals surface area contributed by atoms with Gasteiger partial charge in [-0.1, -0.05) is 6.92 Å². The van der Waals surface area contributed by atoms with Crippen LogP contribution in [0.15, 0.2) is 0 Å². The molecule has 2 rings (SSSR count). The van der Waals surface area contributed by atoms with Crippen LogP contribution in [0.25, 0.3) is 0 Å². The molecule has 0 amide bonds. The van der Waals surface area contributed by atoms with Gasteiger partial charge in [-0.3, -0.25) is 4.90 Å². The summed E-state index contributed by atoms with van der Waals surface area (Å²) in [6.07, 6.45) is 0.0268. The summed E-state index contributed by atoms with van der Waals surface area (Å²) < 4.78 is 13.5. The number of fused-ring (bicyclic) bond motifs is 1. The molecule has 13 heavy (non-hydrogen) atoms. The van der Waals surface area contributed by atoms with Crippen molar-refractivity contribution in [3.63, 3.8) is 0 Å². The molecule has 0 radical (unpaired) electrons. The quantitative estimate of drug-likeness (QED) is 0.690. The molecule has 72 valence electrons. The Bertz CT molecular complexity index is 311. The zero-order valence-corrected chi connectivity index (χ0v) is 8.70. The predicted molar refractivity (Wildman–Crippen MR) is 51.7 cm³/mol. The number of hydrogen-bond donors (Lipinski definition) is 0. The summed E-state index contributed by atoms with van der Waals surface area (Å²) in [5, 5.41) is 1.06. The molecular weight excluding hydrogens is 187 g/mol. The van der Waals surface area contributed by atoms with Crippen LogP contribution in [0.2, 0.25) is 0 Å². The number of rotatable bonds is 1. The largest absolute Gasteiger partial charge is 0.298 e. The van der Waals surface area contributed by atoms with Crippen molar-refractivity contribution in [2.24, 2.45) is 0 Å². The first-order valence-corrected chi connectivity index (χ1v) is 5.33. The van der Waals surface area contributed by atoms with Gasteiger partial charge in [0.25, 0.3) is 0 Å². The number of aromatic nitrogens is 1. The molecule has 0 bridgehead atoms. The van der Waals surface area contributed by atoms with Gasteiger partial charge in [0, 0.05) is 18.0 Å². The Morgan fingerprint density at radius 3 is 3.15 bits per heavy atom. The number of nitrogens with zero attached hydrogens (tertiary/aromatic N) is 2. The van der Waals surface area contributed by atoms with Gasteiger partial charge in [-0.25, -0.2) is 9.37 Å². The molecule has 0 aliphatic carbocycles. The second-order valence-electron chi connectivity index (χ2n) is 3.43. The molecule has 0 N–H and O–H groups in total. The molecule has 2 nitrogen and oxygen atoms in total. The van der Waals surface area contributed by atoms with E-state index in [-0.39, 0.29) is 0 Å². The average Bonchev–Trinajstić information content (AvgIpc) is 2.47. The molecule has 1 unspecified atom stereocenters. The maximum Gasteiger partial charge on any atom is 0.156 e. The van der Waals surface area contributed by atoms with E-state index in [0.717, 1.165) is 22.9 Å². The van der Waals surface area contributed by atoms with Crippen molar-refractivity contribution in [3.8, 4) is 0 Å². The summed E-state index contributed by atoms with van der Waals surface area (Å²) in [5.41, 5.74) is 0.694. The van der Waals surface area contributed by atoms with Crippen LogP contribution in [0.3, 0.4) is 0 Å². The van der Waals surface area contributed by atoms with E-state index in [2.05, 4.69) is 11.9 Å². The number of aryl methyl sites for hydroxylation is 1. The summed E-state index contributed by atoms with van der Waals surface area (Å²) in [4.78, 5) is 7.42. The van der Waals surface area contributed by atoms with E-state index in [1.54, 1.807) is 11.3 Å². The highest BCUT2D eigenvalue weighted by molar-refractivity contribution is 7.11. The number of likely N-dealkylation sites (N-methyl/N-ethyl adjacent to an activating group) is 1. The van der Waals surface area contributed by atoms with Gasteiger partial charge in [0.1, 0.15) is 0 Å². The highest BCUT2D eigenvalue weighted by Crippen LogP contribution is 2.32. The molecule has 4 heteroatoms. The maximum atomic E-state index is 13.5. The minimum atomic E-state index is -0.884. The molecule has 0 fully saturated rings. The first-order chi connectivity index (χ1) is 6.20. The number of alkyl halides is 1. The Morgan fingerprint density at radius 1 is 1.69 bits per heavy atom. The molecule has 1 atom stereocenters. The summed E-state index contributed by atoms with van der Waals surface area (Å²) in [6, 6.07) is 0. The maximum absolute atomic E-state index is 13.5. The van der Waals surface area contributed by atoms with Crippen LogP contribution in [0, 0.1) is 0 Å². The highest BCUT2D eigenvalue weighted by Gasteiger charge is 2.26. The van der Waals surface area contributed by atoms with E-state index in [4.69, 9.17) is 0 Å². The minimum Gasteiger partial charge on any atom is -0.298 e. The topological polar surface area (TPSA) is 16.1 Å². The Labute approximate surface area is 81.4 Å². The summed E-state index contributed by atoms with van der Waals surface area (Å²) in [6.45, 7) is 3.40. The third-order valence-corrected chi connectivity index (χ3v) is 3.46. The van der Waals surface area contributed by atoms with E-state index >= 15 is 0 Å². The van der Waals surface area contributed by atoms with Crippen LogP contribution < -0.4 is 0 Å². The van der Waals surface area contributed by atoms with Crippen LogP contribution in [0.1, 0.15) is 28.7 Å². The third-order valence-electron chi connectivity index (χ3n) is 2.26. The minimum absolute atomic E-state index is 0.486. The van der Waals surface area contributed by atoms with E-state index in [9.17, 15) is 4.39 Å². The average molecular weight is 200 g/mol. The fraction of sp³-hybridized carbons (Fsp3) is 0.667. The smallest absolute Gasteiger partial charge is 0.156 e. The van der Waals surface area contributed by atoms with Gasteiger partial charge in [0.2, 0.25) is 0 Å². The van der Waals surface area contributed by atoms with Crippen LogP contribution in [0.5, 0.6) is 0 Å². The van der Waals surface area contributed by atoms with Gasteiger partial charge in [0.15, 0.2) is 6.17 Å². The van der Waals surface area contributed by atoms with Gasteiger partial charge in [-0.15, -0.1) is 11.3 Å². The Morgan fingerprint density at radius 2 is 2.46 bits per heavy atom. The number of thiazole rings is 1. The van der Waals surface area contributed by atoms with Crippen LogP contribution in [-0.2, 0) is 13.0 Å². The lowest BCUT2D eigenvalue weighted by atomic mass is 10.1. The SMILES string of the molecule is CCc1nc2c(s1)CN(C)CC2F. The van der Waals surface area contributed by atoms with Crippen molar-refractivity contribution < 1.29 is 4.39 Å². The second-order valence-corrected chi connectivity index (χ2v) is 4.60. The van der Waals surface area contributed by atoms with Gasteiger partial charge in [0.05, 0.1) is 10.7 Å². The molecule has 0 saturated heterocycles. The standard InChI is InChI=1S/C9H13FN2S/c1-3-8-11-9-6(10)4-12(2)5-7(9)13-8/h6H,3-5H2,1-2H3. The molecule has 1 aliphatic rings. The lowest BCUT2D eigenvalue weighted by Crippen LogP contribution is -2.27. The van der Waals surface area contributed by atoms with Gasteiger partial charge >= 0.3 is 0 Å². The first-order valence-electron chi connectivity index (χ1n) is 4.51. The van der Waals surface area contributed by atoms with Crippen LogP contribution >= 0.6 is 11.3 Å². The van der Waals surface area contributed by atoms with Crippen molar-refractivity contribution >= 4 is 11.3 Å². The van der Waals surface area contributed by atoms with Crippen molar-refractivity contribution in [1.82, 2.24) is 9.88 Å². The van der Waals surface area contributed by atoms with Crippen molar-refractivity contribution in [1.29, 1.82) is 0 Å². The molecular formula is C9H13FN2S. The molecule has 1 aromatic rings. The van der Waals surface area contributed by atoms with E-state index in [0.29, 0.717) is 12.2 Å². The molecule has 1 aliphatic heterocycles. The third kappa shape index (κ3) is 1.60. The Balaban J connectivity index is 2.35. The molecule has 0 spiro atoms. The van der Waals surface area contributed by atoms with E-state index in [1.165, 1.54) is 0 Å². The van der Waals surface area contributed by atoms with Crippen molar-refractivity contribution in [3.05, 3.63) is 15.6 Å². The Kier molecular flexibility index (Phi) is 2.34. The fourth-order valence-electron chi connectivity index (χ4n) is 1.59. The first kappa shape index (κ1) is 9.09. The summed E-state index contributed by atoms with van der Waals surface area (Å²) in [7, 11) is 1.95. The zero-order chi connectivity index (χ0) is 9.42. The molecule has 0 saturated carbocycles. The second kappa shape index (κ2) is 3.35. The molecule has 1 aromatic heterocycles. The van der Waals surface area contributed by atoms with Gasteiger partial charge < -0.3 is 0 Å². The van der Waals surface area contributed by atoms with Gasteiger partial charge in [-0.2, -0.15) is 0 Å². The highest BCUT2D eigenvalue weighted by atomic mass is 32.1. The van der Waals surface area contributed by atoms with E-state index < -0.39 is 6.17 Å². The summed E-state index contributed by atoms with van der Waals surface area (Å²) >= 11 is 1.65. The Hall–Kier alpha value is -0.480. The van der Waals surface area contributed by atoms with E-state index in [1.807, 2.05) is 11.9 Å². The number of hydrogen-bond acceptors (Lipinski definition) is 3. The van der Waals surface area contributed by atoms with Crippen molar-refractivity contribution in [2.75, 3.05) is 13.6 Å². The molecule has 2 heterocycles. The number of halogens is 1. The normalized spacial score (nSPS) is 23.2. The lowest BCUT2D eigenvalue weighted by Gasteiger charge is -2.23.